The largest absolute Gasteiger partial charge is 0.493 e. The van der Waals surface area contributed by atoms with Crippen molar-refractivity contribution in [1.29, 1.82) is 0 Å². The van der Waals surface area contributed by atoms with E-state index in [0.717, 1.165) is 24.6 Å². The third kappa shape index (κ3) is 4.16. The summed E-state index contributed by atoms with van der Waals surface area (Å²) in [5, 5.41) is 0. The maximum Gasteiger partial charge on any atom is 0.433 e. The molecule has 1 fully saturated rings. The number of imidazole rings is 1. The van der Waals surface area contributed by atoms with Gasteiger partial charge in [-0.1, -0.05) is 6.07 Å². The molecule has 3 aromatic heterocycles. The molecule has 4 rings (SSSR count). The smallest absolute Gasteiger partial charge is 0.433 e. The van der Waals surface area contributed by atoms with Crippen LogP contribution in [0.5, 0.6) is 5.75 Å². The van der Waals surface area contributed by atoms with Gasteiger partial charge in [-0.2, -0.15) is 13.2 Å². The van der Waals surface area contributed by atoms with Crippen LogP contribution < -0.4 is 4.74 Å². The van der Waals surface area contributed by atoms with E-state index in [0.29, 0.717) is 36.1 Å². The second-order valence-corrected chi connectivity index (χ2v) is 7.21. The maximum absolute atomic E-state index is 12.9. The molecule has 4 heterocycles. The first-order valence-electron chi connectivity index (χ1n) is 9.56. The van der Waals surface area contributed by atoms with E-state index < -0.39 is 17.7 Å². The van der Waals surface area contributed by atoms with Crippen molar-refractivity contribution in [3.8, 4) is 5.75 Å². The molecule has 1 saturated heterocycles. The third-order valence-corrected chi connectivity index (χ3v) is 5.14. The van der Waals surface area contributed by atoms with Crippen molar-refractivity contribution in [2.75, 3.05) is 20.3 Å². The van der Waals surface area contributed by atoms with E-state index in [-0.39, 0.29) is 12.1 Å². The molecule has 0 atom stereocenters. The fourth-order valence-electron chi connectivity index (χ4n) is 3.60. The van der Waals surface area contributed by atoms with Crippen molar-refractivity contribution in [2.24, 2.45) is 0 Å². The van der Waals surface area contributed by atoms with Gasteiger partial charge in [0.05, 0.1) is 12.8 Å². The van der Waals surface area contributed by atoms with Gasteiger partial charge in [0.2, 0.25) is 0 Å². The zero-order valence-electron chi connectivity index (χ0n) is 16.3. The maximum atomic E-state index is 12.9. The average molecular weight is 419 g/mol. The van der Waals surface area contributed by atoms with E-state index in [1.54, 1.807) is 16.7 Å². The Hall–Kier alpha value is -2.94. The number of hydrogen-bond donors (Lipinski definition) is 0. The number of halogens is 3. The minimum absolute atomic E-state index is 0.106. The van der Waals surface area contributed by atoms with E-state index >= 15 is 0 Å². The number of alkyl halides is 3. The lowest BCUT2D eigenvalue weighted by molar-refractivity contribution is -0.141. The lowest BCUT2D eigenvalue weighted by atomic mass is 9.97. The van der Waals surface area contributed by atoms with Gasteiger partial charge in [-0.05, 0) is 36.6 Å². The van der Waals surface area contributed by atoms with Gasteiger partial charge in [-0.15, -0.1) is 0 Å². The average Bonchev–Trinajstić information content (AvgIpc) is 3.17. The topological polar surface area (TPSA) is 65.7 Å². The summed E-state index contributed by atoms with van der Waals surface area (Å²) < 4.78 is 51.3. The number of nitrogens with zero attached hydrogens (tertiary/aromatic N) is 3. The van der Waals surface area contributed by atoms with E-state index in [2.05, 4.69) is 9.97 Å². The summed E-state index contributed by atoms with van der Waals surface area (Å²) in [6.45, 7) is 1.39. The first-order chi connectivity index (χ1) is 14.3. The summed E-state index contributed by atoms with van der Waals surface area (Å²) in [5.74, 6) is 0.283. The summed E-state index contributed by atoms with van der Waals surface area (Å²) in [6, 6.07) is 4.99. The number of fused-ring (bicyclic) bond motifs is 1. The van der Waals surface area contributed by atoms with E-state index in [1.807, 2.05) is 6.20 Å². The Balaban J connectivity index is 1.62. The van der Waals surface area contributed by atoms with Gasteiger partial charge in [0.1, 0.15) is 11.4 Å². The van der Waals surface area contributed by atoms with Crippen molar-refractivity contribution in [3.63, 3.8) is 0 Å². The zero-order chi connectivity index (χ0) is 21.3. The van der Waals surface area contributed by atoms with Gasteiger partial charge in [-0.3, -0.25) is 4.79 Å². The number of hydrogen-bond acceptors (Lipinski definition) is 5. The Morgan fingerprint density at radius 2 is 2.00 bits per heavy atom. The van der Waals surface area contributed by atoms with Gasteiger partial charge in [0.25, 0.3) is 0 Å². The second-order valence-electron chi connectivity index (χ2n) is 7.21. The monoisotopic (exact) mass is 419 g/mol. The normalized spacial score (nSPS) is 15.5. The van der Waals surface area contributed by atoms with Crippen molar-refractivity contribution in [1.82, 2.24) is 14.4 Å². The number of carbonyl (C=O) groups excluding carboxylic acids is 1. The van der Waals surface area contributed by atoms with Crippen LogP contribution in [0, 0.1) is 0 Å². The van der Waals surface area contributed by atoms with Gasteiger partial charge in [0, 0.05) is 37.9 Å². The number of methoxy groups -OCH3 is 1. The third-order valence-electron chi connectivity index (χ3n) is 5.14. The summed E-state index contributed by atoms with van der Waals surface area (Å²) in [7, 11) is 1.51. The Morgan fingerprint density at radius 3 is 2.70 bits per heavy atom. The first kappa shape index (κ1) is 20.3. The van der Waals surface area contributed by atoms with E-state index in [4.69, 9.17) is 9.47 Å². The molecule has 1 aliphatic heterocycles. The minimum atomic E-state index is -4.60. The highest BCUT2D eigenvalue weighted by Gasteiger charge is 2.33. The molecule has 0 N–H and O–H groups in total. The Bertz CT molecular complexity index is 1070. The van der Waals surface area contributed by atoms with Crippen LogP contribution in [0.15, 0.2) is 36.7 Å². The number of rotatable bonds is 5. The summed E-state index contributed by atoms with van der Waals surface area (Å²) >= 11 is 0. The SMILES string of the molecule is COc1cc(CC(=O)c2cccc(C(F)(F)F)n2)cn2cc(C3CCOCC3)nc12. The Labute approximate surface area is 170 Å². The molecule has 0 spiro atoms. The highest BCUT2D eigenvalue weighted by Crippen LogP contribution is 2.30. The number of ketones is 1. The van der Waals surface area contributed by atoms with Gasteiger partial charge < -0.3 is 13.9 Å². The molecule has 30 heavy (non-hydrogen) atoms. The molecule has 0 radical (unpaired) electrons. The van der Waals surface area contributed by atoms with Crippen molar-refractivity contribution >= 4 is 11.4 Å². The number of Topliss-reactive ketones (excluding diaryl/α,β-unsaturated/α-hetero) is 1. The number of pyridine rings is 2. The highest BCUT2D eigenvalue weighted by atomic mass is 19.4. The van der Waals surface area contributed by atoms with Crippen molar-refractivity contribution in [3.05, 3.63) is 59.3 Å². The number of ether oxygens (including phenoxy) is 2. The fraction of sp³-hybridized carbons (Fsp3) is 0.381. The van der Waals surface area contributed by atoms with Crippen molar-refractivity contribution in [2.45, 2.75) is 31.4 Å². The van der Waals surface area contributed by atoms with Crippen LogP contribution >= 0.6 is 0 Å². The molecule has 0 bridgehead atoms. The molecule has 0 saturated carbocycles. The standard InChI is InChI=1S/C21H20F3N3O3/c1-29-18-10-13(9-17(28)15-3-2-4-19(25-15)21(22,23)24)11-27-12-16(26-20(18)27)14-5-7-30-8-6-14/h2-4,10-12,14H,5-9H2,1H3. The van der Waals surface area contributed by atoms with Crippen LogP contribution in [-0.4, -0.2) is 40.5 Å². The molecule has 6 nitrogen and oxygen atoms in total. The van der Waals surface area contributed by atoms with E-state index in [9.17, 15) is 18.0 Å². The lowest BCUT2D eigenvalue weighted by Crippen LogP contribution is -2.14. The molecular formula is C21H20F3N3O3. The molecule has 0 unspecified atom stereocenters. The molecule has 0 aliphatic carbocycles. The molecule has 0 aromatic carbocycles. The van der Waals surface area contributed by atoms with Gasteiger partial charge in [0.15, 0.2) is 17.2 Å². The molecule has 0 amide bonds. The number of carbonyl (C=O) groups is 1. The molecule has 9 heteroatoms. The van der Waals surface area contributed by atoms with E-state index in [1.165, 1.54) is 19.2 Å². The van der Waals surface area contributed by atoms with Crippen LogP contribution in [0.1, 0.15) is 46.2 Å². The minimum Gasteiger partial charge on any atom is -0.493 e. The fourth-order valence-corrected chi connectivity index (χ4v) is 3.60. The summed E-state index contributed by atoms with van der Waals surface area (Å²) in [4.78, 5) is 20.7. The quantitative estimate of drug-likeness (QED) is 0.583. The molecular weight excluding hydrogens is 399 g/mol. The zero-order valence-corrected chi connectivity index (χ0v) is 16.3. The van der Waals surface area contributed by atoms with Crippen LogP contribution in [-0.2, 0) is 17.3 Å². The second kappa shape index (κ2) is 8.06. The van der Waals surface area contributed by atoms with Gasteiger partial charge in [-0.25, -0.2) is 9.97 Å². The Morgan fingerprint density at radius 1 is 1.23 bits per heavy atom. The summed E-state index contributed by atoms with van der Waals surface area (Å²) in [5.41, 5.74) is 0.848. The Kier molecular flexibility index (Phi) is 5.46. The highest BCUT2D eigenvalue weighted by molar-refractivity contribution is 5.95. The van der Waals surface area contributed by atoms with Crippen LogP contribution in [0.4, 0.5) is 13.2 Å². The molecule has 3 aromatic rings. The number of aromatic nitrogens is 3. The van der Waals surface area contributed by atoms with Crippen LogP contribution in [0.2, 0.25) is 0 Å². The lowest BCUT2D eigenvalue weighted by Gasteiger charge is -2.19. The van der Waals surface area contributed by atoms with Crippen LogP contribution in [0.3, 0.4) is 0 Å². The van der Waals surface area contributed by atoms with Crippen molar-refractivity contribution < 1.29 is 27.4 Å². The predicted molar refractivity (Wildman–Crippen MR) is 102 cm³/mol. The summed E-state index contributed by atoms with van der Waals surface area (Å²) in [6.07, 6.45) is 0.724. The first-order valence-corrected chi connectivity index (χ1v) is 9.56. The molecule has 158 valence electrons. The predicted octanol–water partition coefficient (Wildman–Crippen LogP) is 4.08. The molecule has 1 aliphatic rings. The van der Waals surface area contributed by atoms with Crippen LogP contribution in [0.25, 0.3) is 5.65 Å². The van der Waals surface area contributed by atoms with Gasteiger partial charge >= 0.3 is 6.18 Å².